The Morgan fingerprint density at radius 3 is 2.96 bits per heavy atom. The van der Waals surface area contributed by atoms with E-state index in [0.29, 0.717) is 12.2 Å². The van der Waals surface area contributed by atoms with Gasteiger partial charge in [0.2, 0.25) is 5.91 Å². The van der Waals surface area contributed by atoms with Crippen molar-refractivity contribution in [3.05, 3.63) is 65.5 Å². The molecule has 4 nitrogen and oxygen atoms in total. The average molecular weight is 340 g/mol. The van der Waals surface area contributed by atoms with Crippen molar-refractivity contribution in [3.8, 4) is 5.75 Å². The van der Waals surface area contributed by atoms with Gasteiger partial charge >= 0.3 is 0 Å². The number of hydrogen-bond donors (Lipinski definition) is 1. The van der Waals surface area contributed by atoms with Crippen molar-refractivity contribution >= 4 is 17.7 Å². The lowest BCUT2D eigenvalue weighted by Gasteiger charge is -2.28. The van der Waals surface area contributed by atoms with E-state index in [2.05, 4.69) is 10.2 Å². The molecular formula is C20H21FN2O2. The summed E-state index contributed by atoms with van der Waals surface area (Å²) < 4.78 is 18.8. The number of benzene rings is 2. The quantitative estimate of drug-likeness (QED) is 0.866. The molecule has 0 fully saturated rings. The van der Waals surface area contributed by atoms with E-state index >= 15 is 0 Å². The summed E-state index contributed by atoms with van der Waals surface area (Å²) in [6, 6.07) is 11.9. The standard InChI is InChI=1S/C20H21FN2O2/c1-14(16-7-8-19-18(13-16)23(2)10-11-25-19)22-20(24)9-6-15-4-3-5-17(21)12-15/h3-9,12-14H,10-11H2,1-2H3,(H,22,24)/b9-6+. The molecule has 0 aliphatic carbocycles. The van der Waals surface area contributed by atoms with E-state index in [9.17, 15) is 9.18 Å². The molecule has 1 unspecified atom stereocenters. The normalized spacial score (nSPS) is 14.8. The molecule has 1 amide bonds. The van der Waals surface area contributed by atoms with Gasteiger partial charge < -0.3 is 15.0 Å². The Morgan fingerprint density at radius 2 is 2.16 bits per heavy atom. The number of rotatable bonds is 4. The zero-order valence-corrected chi connectivity index (χ0v) is 14.3. The molecule has 0 radical (unpaired) electrons. The summed E-state index contributed by atoms with van der Waals surface area (Å²) in [5.74, 6) is 0.317. The number of nitrogens with one attached hydrogen (secondary N) is 1. The van der Waals surface area contributed by atoms with E-state index in [1.165, 1.54) is 18.2 Å². The molecule has 25 heavy (non-hydrogen) atoms. The molecule has 0 saturated heterocycles. The Bertz CT molecular complexity index is 804. The molecular weight excluding hydrogens is 319 g/mol. The number of nitrogens with zero attached hydrogens (tertiary/aromatic N) is 1. The highest BCUT2D eigenvalue weighted by Gasteiger charge is 2.17. The molecule has 1 heterocycles. The van der Waals surface area contributed by atoms with Gasteiger partial charge in [-0.1, -0.05) is 18.2 Å². The van der Waals surface area contributed by atoms with Crippen LogP contribution in [0, 0.1) is 5.82 Å². The van der Waals surface area contributed by atoms with Gasteiger partial charge in [0.1, 0.15) is 18.2 Å². The van der Waals surface area contributed by atoms with Crippen LogP contribution in [-0.4, -0.2) is 26.1 Å². The highest BCUT2D eigenvalue weighted by atomic mass is 19.1. The fraction of sp³-hybridized carbons (Fsp3) is 0.250. The molecule has 1 aliphatic rings. The first-order chi connectivity index (χ1) is 12.0. The van der Waals surface area contributed by atoms with Crippen molar-refractivity contribution in [1.82, 2.24) is 5.32 Å². The lowest BCUT2D eigenvalue weighted by atomic mass is 10.1. The van der Waals surface area contributed by atoms with Gasteiger partial charge in [-0.3, -0.25) is 4.79 Å². The van der Waals surface area contributed by atoms with Crippen molar-refractivity contribution in [1.29, 1.82) is 0 Å². The number of anilines is 1. The predicted octanol–water partition coefficient (Wildman–Crippen LogP) is 3.54. The van der Waals surface area contributed by atoms with E-state index in [4.69, 9.17) is 4.74 Å². The SMILES string of the molecule is CC(NC(=O)/C=C/c1cccc(F)c1)c1ccc2c(c1)N(C)CCO2. The number of amides is 1. The predicted molar refractivity (Wildman–Crippen MR) is 97.2 cm³/mol. The fourth-order valence-corrected chi connectivity index (χ4v) is 2.76. The van der Waals surface area contributed by atoms with Crippen LogP contribution in [0.2, 0.25) is 0 Å². The maximum atomic E-state index is 13.1. The van der Waals surface area contributed by atoms with Crippen LogP contribution in [0.1, 0.15) is 24.1 Å². The molecule has 5 heteroatoms. The van der Waals surface area contributed by atoms with Crippen molar-refractivity contribution in [2.75, 3.05) is 25.1 Å². The number of likely N-dealkylation sites (N-methyl/N-ethyl adjacent to an activating group) is 1. The third-order valence-electron chi connectivity index (χ3n) is 4.21. The smallest absolute Gasteiger partial charge is 0.244 e. The van der Waals surface area contributed by atoms with Crippen LogP contribution in [0.4, 0.5) is 10.1 Å². The van der Waals surface area contributed by atoms with Gasteiger partial charge in [-0.2, -0.15) is 0 Å². The molecule has 1 aliphatic heterocycles. The molecule has 0 spiro atoms. The summed E-state index contributed by atoms with van der Waals surface area (Å²) in [6.07, 6.45) is 3.01. The van der Waals surface area contributed by atoms with E-state index in [-0.39, 0.29) is 17.8 Å². The van der Waals surface area contributed by atoms with Gasteiger partial charge in [-0.05, 0) is 48.4 Å². The first-order valence-corrected chi connectivity index (χ1v) is 8.25. The van der Waals surface area contributed by atoms with Crippen molar-refractivity contribution in [2.24, 2.45) is 0 Å². The summed E-state index contributed by atoms with van der Waals surface area (Å²) in [6.45, 7) is 3.45. The number of fused-ring (bicyclic) bond motifs is 1. The van der Waals surface area contributed by atoms with Gasteiger partial charge in [0, 0.05) is 13.1 Å². The van der Waals surface area contributed by atoms with Crippen LogP contribution in [0.5, 0.6) is 5.75 Å². The molecule has 2 aromatic rings. The third kappa shape index (κ3) is 4.18. The monoisotopic (exact) mass is 340 g/mol. The molecule has 130 valence electrons. The van der Waals surface area contributed by atoms with Crippen LogP contribution >= 0.6 is 0 Å². The first kappa shape index (κ1) is 17.0. The number of ether oxygens (including phenoxy) is 1. The molecule has 3 rings (SSSR count). The Balaban J connectivity index is 1.66. The minimum atomic E-state index is -0.323. The van der Waals surface area contributed by atoms with Crippen molar-refractivity contribution in [2.45, 2.75) is 13.0 Å². The summed E-state index contributed by atoms with van der Waals surface area (Å²) >= 11 is 0. The average Bonchev–Trinajstić information content (AvgIpc) is 2.60. The van der Waals surface area contributed by atoms with E-state index < -0.39 is 0 Å². The summed E-state index contributed by atoms with van der Waals surface area (Å²) in [4.78, 5) is 14.3. The molecule has 0 bridgehead atoms. The van der Waals surface area contributed by atoms with Gasteiger partial charge in [0.05, 0.1) is 18.3 Å². The maximum absolute atomic E-state index is 13.1. The Kier molecular flexibility index (Phi) is 5.03. The Labute approximate surface area is 146 Å². The summed E-state index contributed by atoms with van der Waals surface area (Å²) in [5, 5.41) is 2.92. The third-order valence-corrected chi connectivity index (χ3v) is 4.21. The highest BCUT2D eigenvalue weighted by molar-refractivity contribution is 5.92. The van der Waals surface area contributed by atoms with Gasteiger partial charge in [-0.15, -0.1) is 0 Å². The summed E-state index contributed by atoms with van der Waals surface area (Å²) in [7, 11) is 2.02. The molecule has 1 atom stereocenters. The molecule has 0 saturated carbocycles. The number of halogens is 1. The van der Waals surface area contributed by atoms with Gasteiger partial charge in [-0.25, -0.2) is 4.39 Å². The second-order valence-electron chi connectivity index (χ2n) is 6.12. The van der Waals surface area contributed by atoms with E-state index in [1.807, 2.05) is 32.2 Å². The van der Waals surface area contributed by atoms with Crippen molar-refractivity contribution < 1.29 is 13.9 Å². The summed E-state index contributed by atoms with van der Waals surface area (Å²) in [5.41, 5.74) is 2.68. The number of carbonyl (C=O) groups is 1. The van der Waals surface area contributed by atoms with E-state index in [0.717, 1.165) is 23.5 Å². The van der Waals surface area contributed by atoms with Crippen LogP contribution < -0.4 is 15.0 Å². The van der Waals surface area contributed by atoms with E-state index in [1.54, 1.807) is 18.2 Å². The van der Waals surface area contributed by atoms with Crippen molar-refractivity contribution in [3.63, 3.8) is 0 Å². The Hall–Kier alpha value is -2.82. The topological polar surface area (TPSA) is 41.6 Å². The lowest BCUT2D eigenvalue weighted by Crippen LogP contribution is -2.29. The van der Waals surface area contributed by atoms with Crippen LogP contribution in [0.15, 0.2) is 48.5 Å². The molecule has 0 aromatic heterocycles. The minimum absolute atomic E-state index is 0.148. The van der Waals surface area contributed by atoms with Crippen LogP contribution in [-0.2, 0) is 4.79 Å². The maximum Gasteiger partial charge on any atom is 0.244 e. The molecule has 2 aromatic carbocycles. The zero-order chi connectivity index (χ0) is 17.8. The van der Waals surface area contributed by atoms with Gasteiger partial charge in [0.25, 0.3) is 0 Å². The second kappa shape index (κ2) is 7.38. The lowest BCUT2D eigenvalue weighted by molar-refractivity contribution is -0.117. The second-order valence-corrected chi connectivity index (χ2v) is 6.12. The Morgan fingerprint density at radius 1 is 1.32 bits per heavy atom. The minimum Gasteiger partial charge on any atom is -0.490 e. The first-order valence-electron chi connectivity index (χ1n) is 8.25. The largest absolute Gasteiger partial charge is 0.490 e. The van der Waals surface area contributed by atoms with Crippen LogP contribution in [0.25, 0.3) is 6.08 Å². The molecule has 1 N–H and O–H groups in total. The fourth-order valence-electron chi connectivity index (χ4n) is 2.76. The van der Waals surface area contributed by atoms with Crippen LogP contribution in [0.3, 0.4) is 0 Å². The van der Waals surface area contributed by atoms with Gasteiger partial charge in [0.15, 0.2) is 0 Å². The number of carbonyl (C=O) groups excluding carboxylic acids is 1. The number of hydrogen-bond acceptors (Lipinski definition) is 3. The zero-order valence-electron chi connectivity index (χ0n) is 14.3. The highest BCUT2D eigenvalue weighted by Crippen LogP contribution is 2.33.